The van der Waals surface area contributed by atoms with Crippen LogP contribution in [0.15, 0.2) is 29.1 Å². The summed E-state index contributed by atoms with van der Waals surface area (Å²) in [4.78, 5) is 18.3. The molecule has 0 spiro atoms. The summed E-state index contributed by atoms with van der Waals surface area (Å²) in [5, 5.41) is 0. The zero-order valence-electron chi connectivity index (χ0n) is 12.7. The third-order valence-electron chi connectivity index (χ3n) is 4.29. The van der Waals surface area contributed by atoms with Crippen molar-refractivity contribution in [1.82, 2.24) is 9.55 Å². The molecule has 1 fully saturated rings. The molecule has 2 aromatic rings. The van der Waals surface area contributed by atoms with Gasteiger partial charge in [0.25, 0.3) is 0 Å². The van der Waals surface area contributed by atoms with E-state index in [0.717, 1.165) is 29.9 Å². The van der Waals surface area contributed by atoms with Crippen molar-refractivity contribution in [2.24, 2.45) is 0 Å². The van der Waals surface area contributed by atoms with E-state index >= 15 is 0 Å². The van der Waals surface area contributed by atoms with Crippen LogP contribution in [0.4, 0.5) is 14.6 Å². The van der Waals surface area contributed by atoms with Crippen molar-refractivity contribution >= 4 is 17.6 Å². The van der Waals surface area contributed by atoms with E-state index in [1.807, 2.05) is 11.8 Å². The van der Waals surface area contributed by atoms with Crippen molar-refractivity contribution in [3.63, 3.8) is 0 Å². The van der Waals surface area contributed by atoms with Gasteiger partial charge in [-0.15, -0.1) is 0 Å². The van der Waals surface area contributed by atoms with Crippen molar-refractivity contribution in [1.29, 1.82) is 0 Å². The van der Waals surface area contributed by atoms with Gasteiger partial charge in [-0.1, -0.05) is 12.1 Å². The second-order valence-corrected chi connectivity index (χ2v) is 6.92. The van der Waals surface area contributed by atoms with E-state index in [1.165, 1.54) is 12.1 Å². The predicted molar refractivity (Wildman–Crippen MR) is 87.6 cm³/mol. The van der Waals surface area contributed by atoms with Crippen LogP contribution in [-0.4, -0.2) is 33.6 Å². The van der Waals surface area contributed by atoms with E-state index in [0.29, 0.717) is 12.6 Å². The summed E-state index contributed by atoms with van der Waals surface area (Å²) in [6, 6.07) is 5.91. The maximum absolute atomic E-state index is 13.7. The second kappa shape index (κ2) is 6.08. The number of rotatable bonds is 3. The fraction of sp³-hybridized carbons (Fsp3) is 0.375. The first-order chi connectivity index (χ1) is 11.6. The molecule has 2 aliphatic heterocycles. The second-order valence-electron chi connectivity index (χ2n) is 5.77. The molecule has 0 saturated carbocycles. The zero-order chi connectivity index (χ0) is 16.7. The van der Waals surface area contributed by atoms with Crippen LogP contribution in [0.5, 0.6) is 5.88 Å². The van der Waals surface area contributed by atoms with Crippen molar-refractivity contribution in [3.05, 3.63) is 51.9 Å². The van der Waals surface area contributed by atoms with Crippen LogP contribution >= 0.6 is 11.8 Å². The molecule has 0 N–H and O–H groups in total. The van der Waals surface area contributed by atoms with Crippen LogP contribution in [-0.2, 0) is 13.2 Å². The van der Waals surface area contributed by atoms with Gasteiger partial charge in [-0.25, -0.2) is 13.6 Å². The molecule has 1 aromatic carbocycles. The Kier molecular flexibility index (Phi) is 3.91. The quantitative estimate of drug-likeness (QED) is 0.847. The van der Waals surface area contributed by atoms with Gasteiger partial charge in [0.15, 0.2) is 11.6 Å². The van der Waals surface area contributed by atoms with Gasteiger partial charge in [-0.05, 0) is 6.07 Å². The topological polar surface area (TPSA) is 47.4 Å². The molecule has 3 heterocycles. The zero-order valence-corrected chi connectivity index (χ0v) is 13.6. The highest BCUT2D eigenvalue weighted by atomic mass is 32.2. The summed E-state index contributed by atoms with van der Waals surface area (Å²) in [6.07, 6.45) is 0. The van der Waals surface area contributed by atoms with Crippen LogP contribution in [0, 0.1) is 11.6 Å². The minimum absolute atomic E-state index is 0.0876. The highest BCUT2D eigenvalue weighted by molar-refractivity contribution is 7.99. The van der Waals surface area contributed by atoms with Crippen molar-refractivity contribution in [2.75, 3.05) is 23.0 Å². The number of nitrogens with zero attached hydrogens (tertiary/aromatic N) is 3. The number of hydrogen-bond donors (Lipinski definition) is 0. The summed E-state index contributed by atoms with van der Waals surface area (Å²) in [7, 11) is 0. The SMILES string of the molecule is O=c1nc(OCc2cccc(F)c2F)cc2n1CC1CSCCN21. The number of ether oxygens (including phenoxy) is 1. The lowest BCUT2D eigenvalue weighted by Gasteiger charge is -2.30. The minimum Gasteiger partial charge on any atom is -0.472 e. The largest absolute Gasteiger partial charge is 0.472 e. The first-order valence-electron chi connectivity index (χ1n) is 7.65. The van der Waals surface area contributed by atoms with Crippen LogP contribution in [0.1, 0.15) is 5.56 Å². The third kappa shape index (κ3) is 2.64. The van der Waals surface area contributed by atoms with Crippen LogP contribution in [0.2, 0.25) is 0 Å². The van der Waals surface area contributed by atoms with Gasteiger partial charge in [0.2, 0.25) is 5.88 Å². The number of fused-ring (bicyclic) bond motifs is 3. The Hall–Kier alpha value is -2.09. The Balaban J connectivity index is 1.58. The molecular weight excluding hydrogens is 336 g/mol. The highest BCUT2D eigenvalue weighted by Gasteiger charge is 2.33. The number of benzene rings is 1. The maximum Gasteiger partial charge on any atom is 0.352 e. The van der Waals surface area contributed by atoms with E-state index < -0.39 is 11.6 Å². The molecule has 1 atom stereocenters. The number of thioether (sulfide) groups is 1. The Morgan fingerprint density at radius 3 is 3.12 bits per heavy atom. The lowest BCUT2D eigenvalue weighted by Crippen LogP contribution is -2.39. The Morgan fingerprint density at radius 2 is 2.25 bits per heavy atom. The van der Waals surface area contributed by atoms with Crippen LogP contribution in [0.25, 0.3) is 0 Å². The number of hydrogen-bond acceptors (Lipinski definition) is 5. The highest BCUT2D eigenvalue weighted by Crippen LogP contribution is 2.31. The Morgan fingerprint density at radius 1 is 1.38 bits per heavy atom. The summed E-state index contributed by atoms with van der Waals surface area (Å²) < 4.78 is 34.0. The maximum atomic E-state index is 13.7. The van der Waals surface area contributed by atoms with Gasteiger partial charge in [0, 0.05) is 29.7 Å². The molecule has 24 heavy (non-hydrogen) atoms. The van der Waals surface area contributed by atoms with Gasteiger partial charge in [0.05, 0.1) is 12.6 Å². The molecule has 0 bridgehead atoms. The van der Waals surface area contributed by atoms with Gasteiger partial charge in [0.1, 0.15) is 12.4 Å². The van der Waals surface area contributed by atoms with Crippen molar-refractivity contribution < 1.29 is 13.5 Å². The van der Waals surface area contributed by atoms with Gasteiger partial charge in [-0.2, -0.15) is 16.7 Å². The minimum atomic E-state index is -0.941. The molecule has 0 aliphatic carbocycles. The predicted octanol–water partition coefficient (Wildman–Crippen LogP) is 2.04. The molecule has 5 nitrogen and oxygen atoms in total. The standard InChI is InChI=1S/C16H15F2N3O2S/c17-12-3-1-2-10(15(12)18)8-23-13-6-14-20-4-5-24-9-11(20)7-21(14)16(22)19-13/h1-3,6,11H,4-5,7-9H2. The van der Waals surface area contributed by atoms with Gasteiger partial charge < -0.3 is 9.64 Å². The van der Waals surface area contributed by atoms with E-state index in [2.05, 4.69) is 9.88 Å². The molecule has 1 aromatic heterocycles. The normalized spacial score (nSPS) is 19.1. The van der Waals surface area contributed by atoms with E-state index in [-0.39, 0.29) is 23.7 Å². The fourth-order valence-corrected chi connectivity index (χ4v) is 4.14. The lowest BCUT2D eigenvalue weighted by molar-refractivity contribution is 0.283. The molecule has 4 rings (SSSR count). The Bertz CT molecular complexity index is 843. The Labute approximate surface area is 141 Å². The molecule has 8 heteroatoms. The smallest absolute Gasteiger partial charge is 0.352 e. The van der Waals surface area contributed by atoms with Crippen LogP contribution in [0.3, 0.4) is 0 Å². The van der Waals surface area contributed by atoms with E-state index in [9.17, 15) is 13.6 Å². The average Bonchev–Trinajstić information content (AvgIpc) is 2.96. The number of aromatic nitrogens is 2. The molecule has 0 amide bonds. The van der Waals surface area contributed by atoms with E-state index in [4.69, 9.17) is 4.74 Å². The number of halogens is 2. The van der Waals surface area contributed by atoms with Crippen LogP contribution < -0.4 is 15.3 Å². The van der Waals surface area contributed by atoms with Crippen molar-refractivity contribution in [2.45, 2.75) is 19.2 Å². The van der Waals surface area contributed by atoms with E-state index in [1.54, 1.807) is 10.6 Å². The van der Waals surface area contributed by atoms with Gasteiger partial charge in [-0.3, -0.25) is 4.57 Å². The molecule has 0 radical (unpaired) electrons. The summed E-state index contributed by atoms with van der Waals surface area (Å²) in [5.74, 6) is 1.04. The summed E-state index contributed by atoms with van der Waals surface area (Å²) >= 11 is 1.88. The summed E-state index contributed by atoms with van der Waals surface area (Å²) in [6.45, 7) is 1.32. The number of anilines is 1. The molecular formula is C16H15F2N3O2S. The molecule has 1 saturated heterocycles. The first kappa shape index (κ1) is 15.4. The first-order valence-corrected chi connectivity index (χ1v) is 8.81. The molecule has 2 aliphatic rings. The molecule has 1 unspecified atom stereocenters. The molecule has 126 valence electrons. The van der Waals surface area contributed by atoms with Crippen molar-refractivity contribution in [3.8, 4) is 5.88 Å². The van der Waals surface area contributed by atoms with Gasteiger partial charge >= 0.3 is 5.69 Å². The monoisotopic (exact) mass is 351 g/mol. The third-order valence-corrected chi connectivity index (χ3v) is 5.38. The lowest BCUT2D eigenvalue weighted by atomic mass is 10.2. The fourth-order valence-electron chi connectivity index (χ4n) is 3.09. The summed E-state index contributed by atoms with van der Waals surface area (Å²) in [5.41, 5.74) is -0.286. The average molecular weight is 351 g/mol.